The van der Waals surface area contributed by atoms with E-state index in [1.807, 2.05) is 53.4 Å². The molecule has 2 rings (SSSR count). The van der Waals surface area contributed by atoms with E-state index >= 15 is 0 Å². The molecule has 1 saturated heterocycles. The van der Waals surface area contributed by atoms with Crippen molar-refractivity contribution in [2.45, 2.75) is 98.9 Å². The molecule has 10 heteroatoms. The van der Waals surface area contributed by atoms with Crippen molar-refractivity contribution < 1.29 is 28.6 Å². The number of hydrogen-bond acceptors (Lipinski definition) is 6. The van der Waals surface area contributed by atoms with E-state index in [-0.39, 0.29) is 49.7 Å². The van der Waals surface area contributed by atoms with E-state index in [1.165, 1.54) is 12.1 Å². The van der Waals surface area contributed by atoms with Crippen LogP contribution in [0.4, 0.5) is 14.9 Å². The third-order valence-electron chi connectivity index (χ3n) is 7.40. The van der Waals surface area contributed by atoms with Crippen molar-refractivity contribution in [1.29, 1.82) is 0 Å². The van der Waals surface area contributed by atoms with Crippen LogP contribution < -0.4 is 15.5 Å². The molecule has 232 valence electrons. The Morgan fingerprint density at radius 2 is 1.80 bits per heavy atom. The second-order valence-corrected chi connectivity index (χ2v) is 13.6. The van der Waals surface area contributed by atoms with E-state index in [0.29, 0.717) is 12.2 Å². The van der Waals surface area contributed by atoms with Crippen molar-refractivity contribution in [3.05, 3.63) is 29.6 Å². The zero-order valence-corrected chi connectivity index (χ0v) is 26.5. The fourth-order valence-electron chi connectivity index (χ4n) is 4.94. The quantitative estimate of drug-likeness (QED) is 0.362. The van der Waals surface area contributed by atoms with E-state index in [2.05, 4.69) is 10.6 Å². The number of aliphatic hydroxyl groups excluding tert-OH is 1. The summed E-state index contributed by atoms with van der Waals surface area (Å²) in [5.41, 5.74) is -0.00924. The third-order valence-corrected chi connectivity index (χ3v) is 7.40. The molecule has 0 bridgehead atoms. The summed E-state index contributed by atoms with van der Waals surface area (Å²) >= 11 is 0. The van der Waals surface area contributed by atoms with Gasteiger partial charge in [-0.2, -0.15) is 0 Å². The van der Waals surface area contributed by atoms with Gasteiger partial charge < -0.3 is 25.4 Å². The van der Waals surface area contributed by atoms with Gasteiger partial charge in [0, 0.05) is 36.8 Å². The zero-order valence-electron chi connectivity index (χ0n) is 26.5. The summed E-state index contributed by atoms with van der Waals surface area (Å²) in [6, 6.07) is 3.56. The lowest BCUT2D eigenvalue weighted by Crippen LogP contribution is -2.65. The summed E-state index contributed by atoms with van der Waals surface area (Å²) in [5.74, 6) is -1.01. The maximum Gasteiger partial charge on any atom is 0.408 e. The number of nitrogens with one attached hydrogen (secondary N) is 2. The van der Waals surface area contributed by atoms with Crippen molar-refractivity contribution in [3.63, 3.8) is 0 Å². The molecule has 41 heavy (non-hydrogen) atoms. The van der Waals surface area contributed by atoms with E-state index in [4.69, 9.17) is 4.74 Å². The molecule has 3 amide bonds. The standard InChI is InChI=1S/C31H51FN4O5/c1-19(2)15-33-28(39)23(20(3)4)14-26(37)24(34-29(40)41-30(6,7)8)16-35-17-27(38)36(18-31(35,9)10)25-13-22(32)12-11-21(25)5/h11-13,19-20,23-24,26,37H,14-18H2,1-10H3,(H,33,39)(H,34,40)/t23?,24-,26?/m0/s1. The number of rotatable bonds is 11. The largest absolute Gasteiger partial charge is 0.444 e. The van der Waals surface area contributed by atoms with Gasteiger partial charge in [-0.1, -0.05) is 33.8 Å². The van der Waals surface area contributed by atoms with Crippen LogP contribution in [-0.2, 0) is 14.3 Å². The average molecular weight is 579 g/mol. The average Bonchev–Trinajstić information content (AvgIpc) is 2.82. The van der Waals surface area contributed by atoms with Crippen molar-refractivity contribution in [3.8, 4) is 0 Å². The molecule has 9 nitrogen and oxygen atoms in total. The predicted molar refractivity (Wildman–Crippen MR) is 159 cm³/mol. The minimum absolute atomic E-state index is 0.00462. The predicted octanol–water partition coefficient (Wildman–Crippen LogP) is 4.25. The maximum absolute atomic E-state index is 14.0. The summed E-state index contributed by atoms with van der Waals surface area (Å²) in [6.45, 7) is 19.9. The number of carbonyl (C=O) groups is 3. The second kappa shape index (κ2) is 14.0. The molecule has 1 heterocycles. The first-order valence-corrected chi connectivity index (χ1v) is 14.6. The van der Waals surface area contributed by atoms with Gasteiger partial charge in [-0.15, -0.1) is 0 Å². The molecule has 1 aromatic rings. The molecule has 0 saturated carbocycles. The smallest absolute Gasteiger partial charge is 0.408 e. The highest BCUT2D eigenvalue weighted by molar-refractivity contribution is 5.96. The molecule has 0 radical (unpaired) electrons. The minimum atomic E-state index is -1.09. The first-order chi connectivity index (χ1) is 18.8. The lowest BCUT2D eigenvalue weighted by molar-refractivity contribution is -0.127. The van der Waals surface area contributed by atoms with Gasteiger partial charge in [0.1, 0.15) is 11.4 Å². The number of benzene rings is 1. The summed E-state index contributed by atoms with van der Waals surface area (Å²) in [7, 11) is 0. The molecule has 2 unspecified atom stereocenters. The zero-order chi connectivity index (χ0) is 31.3. The number of aryl methyl sites for hydroxylation is 1. The highest BCUT2D eigenvalue weighted by atomic mass is 19.1. The van der Waals surface area contributed by atoms with Crippen LogP contribution in [0.5, 0.6) is 0 Å². The first-order valence-electron chi connectivity index (χ1n) is 14.6. The Balaban J connectivity index is 2.30. The Labute approximate surface area is 245 Å². The highest BCUT2D eigenvalue weighted by Gasteiger charge is 2.41. The Bertz CT molecular complexity index is 1070. The number of anilines is 1. The Morgan fingerprint density at radius 3 is 2.37 bits per heavy atom. The molecule has 0 spiro atoms. The Kier molecular flexibility index (Phi) is 11.7. The number of carbonyl (C=O) groups excluding carboxylic acids is 3. The normalized spacial score (nSPS) is 18.3. The molecule has 3 N–H and O–H groups in total. The first kappa shape index (κ1) is 34.5. The van der Waals surface area contributed by atoms with Crippen LogP contribution in [0.15, 0.2) is 18.2 Å². The Morgan fingerprint density at radius 1 is 1.17 bits per heavy atom. The van der Waals surface area contributed by atoms with Gasteiger partial charge in [-0.3, -0.25) is 14.5 Å². The molecule has 0 aromatic heterocycles. The Hall–Kier alpha value is -2.72. The number of nitrogens with zero attached hydrogens (tertiary/aromatic N) is 2. The van der Waals surface area contributed by atoms with Crippen LogP contribution >= 0.6 is 0 Å². The van der Waals surface area contributed by atoms with Crippen molar-refractivity contribution in [2.75, 3.05) is 31.1 Å². The second-order valence-electron chi connectivity index (χ2n) is 13.6. The summed E-state index contributed by atoms with van der Waals surface area (Å²) in [4.78, 5) is 42.7. The molecular formula is C31H51FN4O5. The number of piperazine rings is 1. The fraction of sp³-hybridized carbons (Fsp3) is 0.710. The fourth-order valence-corrected chi connectivity index (χ4v) is 4.94. The van der Waals surface area contributed by atoms with Gasteiger partial charge in [0.05, 0.1) is 18.7 Å². The van der Waals surface area contributed by atoms with Gasteiger partial charge >= 0.3 is 6.09 Å². The highest BCUT2D eigenvalue weighted by Crippen LogP contribution is 2.30. The maximum atomic E-state index is 14.0. The lowest BCUT2D eigenvalue weighted by atomic mass is 9.86. The molecule has 3 atom stereocenters. The van der Waals surface area contributed by atoms with E-state index < -0.39 is 41.1 Å². The molecule has 1 aliphatic heterocycles. The number of amides is 3. The van der Waals surface area contributed by atoms with Crippen LogP contribution in [-0.4, -0.2) is 77.4 Å². The summed E-state index contributed by atoms with van der Waals surface area (Å²) in [6.07, 6.45) is -1.65. The van der Waals surface area contributed by atoms with Crippen LogP contribution in [0, 0.1) is 30.5 Å². The number of aliphatic hydroxyl groups is 1. The molecule has 1 fully saturated rings. The summed E-state index contributed by atoms with van der Waals surface area (Å²) < 4.78 is 19.5. The van der Waals surface area contributed by atoms with Crippen molar-refractivity contribution >= 4 is 23.6 Å². The molecular weight excluding hydrogens is 527 g/mol. The number of hydrogen-bond donors (Lipinski definition) is 3. The van der Waals surface area contributed by atoms with Crippen molar-refractivity contribution in [2.24, 2.45) is 17.8 Å². The number of ether oxygens (including phenoxy) is 1. The molecule has 0 aliphatic carbocycles. The van der Waals surface area contributed by atoms with Crippen LogP contribution in [0.3, 0.4) is 0 Å². The monoisotopic (exact) mass is 578 g/mol. The van der Waals surface area contributed by atoms with E-state index in [1.54, 1.807) is 31.7 Å². The molecule has 1 aromatic carbocycles. The van der Waals surface area contributed by atoms with Crippen LogP contribution in [0.25, 0.3) is 0 Å². The number of alkyl carbamates (subject to hydrolysis) is 1. The lowest BCUT2D eigenvalue weighted by Gasteiger charge is -2.48. The van der Waals surface area contributed by atoms with Crippen molar-refractivity contribution in [1.82, 2.24) is 15.5 Å². The SMILES string of the molecule is Cc1ccc(F)cc1N1CC(C)(C)N(C[C@H](NC(=O)OC(C)(C)C)C(O)CC(C(=O)NCC(C)C)C(C)C)CC1=O. The number of halogens is 1. The van der Waals surface area contributed by atoms with Crippen LogP contribution in [0.2, 0.25) is 0 Å². The minimum Gasteiger partial charge on any atom is -0.444 e. The summed E-state index contributed by atoms with van der Waals surface area (Å²) in [5, 5.41) is 17.2. The van der Waals surface area contributed by atoms with Gasteiger partial charge in [-0.05, 0) is 77.5 Å². The molecule has 1 aliphatic rings. The van der Waals surface area contributed by atoms with Gasteiger partial charge in [0.2, 0.25) is 11.8 Å². The topological polar surface area (TPSA) is 111 Å². The van der Waals surface area contributed by atoms with Gasteiger partial charge in [0.15, 0.2) is 0 Å². The van der Waals surface area contributed by atoms with E-state index in [0.717, 1.165) is 5.56 Å². The van der Waals surface area contributed by atoms with E-state index in [9.17, 15) is 23.9 Å². The third kappa shape index (κ3) is 10.3. The van der Waals surface area contributed by atoms with Gasteiger partial charge in [0.25, 0.3) is 0 Å². The van der Waals surface area contributed by atoms with Gasteiger partial charge in [-0.25, -0.2) is 9.18 Å². The van der Waals surface area contributed by atoms with Crippen LogP contribution in [0.1, 0.15) is 74.3 Å².